The molecule has 3 rings (SSSR count). The minimum absolute atomic E-state index is 0.00889. The molecule has 1 amide bonds. The molecule has 0 aliphatic carbocycles. The maximum atomic E-state index is 12.9. The van der Waals surface area contributed by atoms with Gasteiger partial charge in [0.05, 0.1) is 17.6 Å². The smallest absolute Gasteiger partial charge is 0.270 e. The molecule has 0 spiro atoms. The Balaban J connectivity index is 1.92. The molecule has 6 heteroatoms. The number of amides is 1. The number of hydrogen-bond donors (Lipinski definition) is 0. The van der Waals surface area contributed by atoms with Crippen LogP contribution in [0.1, 0.15) is 35.1 Å². The van der Waals surface area contributed by atoms with Crippen molar-refractivity contribution in [1.29, 1.82) is 0 Å². The second-order valence-electron chi connectivity index (χ2n) is 5.19. The van der Waals surface area contributed by atoms with Crippen LogP contribution in [0, 0.1) is 6.92 Å². The Bertz CT molecular complexity index is 746. The van der Waals surface area contributed by atoms with Crippen molar-refractivity contribution in [2.24, 2.45) is 0 Å². The Morgan fingerprint density at radius 2 is 2.27 bits per heavy atom. The van der Waals surface area contributed by atoms with Crippen LogP contribution in [0.5, 0.6) is 0 Å². The van der Waals surface area contributed by atoms with Gasteiger partial charge in [0.1, 0.15) is 4.88 Å². The fraction of sp³-hybridized carbons (Fsp3) is 0.312. The third-order valence-electron chi connectivity index (χ3n) is 3.43. The molecule has 22 heavy (non-hydrogen) atoms. The number of unbranched alkanes of at least 4 members (excludes halogenated alkanes) is 1. The number of thiazole rings is 1. The Kier molecular flexibility index (Phi) is 4.20. The van der Waals surface area contributed by atoms with Crippen LogP contribution < -0.4 is 4.90 Å². The number of carbonyl (C=O) groups is 1. The average molecular weight is 314 g/mol. The van der Waals surface area contributed by atoms with Crippen molar-refractivity contribution in [1.82, 2.24) is 14.4 Å². The molecule has 3 aromatic heterocycles. The third kappa shape index (κ3) is 2.87. The van der Waals surface area contributed by atoms with Crippen LogP contribution in [0.2, 0.25) is 0 Å². The lowest BCUT2D eigenvalue weighted by molar-refractivity contribution is 0.0990. The molecule has 0 radical (unpaired) electrons. The summed E-state index contributed by atoms with van der Waals surface area (Å²) in [6, 6.07) is 3.77. The number of nitrogens with zero attached hydrogens (tertiary/aromatic N) is 4. The summed E-state index contributed by atoms with van der Waals surface area (Å²) in [4.78, 5) is 24.8. The summed E-state index contributed by atoms with van der Waals surface area (Å²) in [6.45, 7) is 4.76. The molecule has 5 nitrogen and oxygen atoms in total. The molecule has 114 valence electrons. The second kappa shape index (κ2) is 6.27. The Morgan fingerprint density at radius 3 is 2.95 bits per heavy atom. The van der Waals surface area contributed by atoms with Gasteiger partial charge in [0.25, 0.3) is 5.91 Å². The van der Waals surface area contributed by atoms with E-state index in [2.05, 4.69) is 16.9 Å². The van der Waals surface area contributed by atoms with Gasteiger partial charge >= 0.3 is 0 Å². The number of hydrogen-bond acceptors (Lipinski definition) is 4. The van der Waals surface area contributed by atoms with Crippen molar-refractivity contribution >= 4 is 27.9 Å². The van der Waals surface area contributed by atoms with Crippen LogP contribution in [-0.2, 0) is 0 Å². The molecule has 0 saturated carbocycles. The van der Waals surface area contributed by atoms with E-state index in [1.165, 1.54) is 11.3 Å². The summed E-state index contributed by atoms with van der Waals surface area (Å²) in [5.41, 5.74) is 1.79. The fourth-order valence-corrected chi connectivity index (χ4v) is 3.28. The molecule has 3 heterocycles. The van der Waals surface area contributed by atoms with E-state index >= 15 is 0 Å². The molecule has 0 fully saturated rings. The minimum atomic E-state index is 0.00889. The van der Waals surface area contributed by atoms with Crippen molar-refractivity contribution < 1.29 is 4.79 Å². The first-order chi connectivity index (χ1) is 10.7. The monoisotopic (exact) mass is 314 g/mol. The first-order valence-corrected chi connectivity index (χ1v) is 8.17. The van der Waals surface area contributed by atoms with Crippen molar-refractivity contribution in [3.63, 3.8) is 0 Å². The number of imidazole rings is 1. The number of carbonyl (C=O) groups excluding carboxylic acids is 1. The minimum Gasteiger partial charge on any atom is -0.306 e. The lowest BCUT2D eigenvalue weighted by Crippen LogP contribution is -2.31. The van der Waals surface area contributed by atoms with Gasteiger partial charge < -0.3 is 4.90 Å². The van der Waals surface area contributed by atoms with E-state index in [4.69, 9.17) is 0 Å². The summed E-state index contributed by atoms with van der Waals surface area (Å²) >= 11 is 1.42. The average Bonchev–Trinajstić information content (AvgIpc) is 3.06. The molecule has 0 aliphatic rings. The van der Waals surface area contributed by atoms with E-state index < -0.39 is 0 Å². The molecule has 0 atom stereocenters. The second-order valence-corrected chi connectivity index (χ2v) is 6.20. The van der Waals surface area contributed by atoms with Crippen molar-refractivity contribution in [2.75, 3.05) is 11.4 Å². The van der Waals surface area contributed by atoms with Gasteiger partial charge in [-0.15, -0.1) is 0 Å². The summed E-state index contributed by atoms with van der Waals surface area (Å²) in [5.74, 6) is 0.00889. The highest BCUT2D eigenvalue weighted by atomic mass is 32.1. The molecule has 3 aromatic rings. The fourth-order valence-electron chi connectivity index (χ4n) is 2.32. The first kappa shape index (κ1) is 14.7. The normalized spacial score (nSPS) is 11.0. The standard InChI is InChI=1S/C16H18N4OS/c1-3-4-8-20(13-6-5-7-17-9-13)15(21)14-11-19-10-12(2)18-16(19)22-14/h5-7,9-11H,3-4,8H2,1-2H3. The molecule has 0 aliphatic heterocycles. The molecule has 0 bridgehead atoms. The summed E-state index contributed by atoms with van der Waals surface area (Å²) in [6.07, 6.45) is 9.24. The first-order valence-electron chi connectivity index (χ1n) is 7.36. The van der Waals surface area contributed by atoms with Crippen molar-refractivity contribution in [3.8, 4) is 0 Å². The topological polar surface area (TPSA) is 50.5 Å². The number of aryl methyl sites for hydroxylation is 1. The number of fused-ring (bicyclic) bond motifs is 1. The highest BCUT2D eigenvalue weighted by Crippen LogP contribution is 2.23. The SMILES string of the molecule is CCCCN(C(=O)c1cn2cc(C)nc2s1)c1cccnc1. The third-order valence-corrected chi connectivity index (χ3v) is 4.41. The van der Waals surface area contributed by atoms with Gasteiger partial charge in [-0.05, 0) is 25.5 Å². The highest BCUT2D eigenvalue weighted by Gasteiger charge is 2.20. The zero-order chi connectivity index (χ0) is 15.5. The van der Waals surface area contributed by atoms with Crippen LogP contribution in [0.25, 0.3) is 4.96 Å². The highest BCUT2D eigenvalue weighted by molar-refractivity contribution is 7.19. The molecule has 0 saturated heterocycles. The largest absolute Gasteiger partial charge is 0.306 e. The maximum Gasteiger partial charge on any atom is 0.270 e. The summed E-state index contributed by atoms with van der Waals surface area (Å²) < 4.78 is 1.91. The molecule has 0 unspecified atom stereocenters. The summed E-state index contributed by atoms with van der Waals surface area (Å²) in [5, 5.41) is 0. The Hall–Kier alpha value is -2.21. The van der Waals surface area contributed by atoms with Gasteiger partial charge in [0, 0.05) is 25.1 Å². The van der Waals surface area contributed by atoms with E-state index in [1.807, 2.05) is 35.9 Å². The van der Waals surface area contributed by atoms with Crippen molar-refractivity contribution in [3.05, 3.63) is 47.5 Å². The maximum absolute atomic E-state index is 12.9. The number of pyridine rings is 1. The van der Waals surface area contributed by atoms with Crippen molar-refractivity contribution in [2.45, 2.75) is 26.7 Å². The zero-order valence-corrected chi connectivity index (χ0v) is 13.5. The van der Waals surface area contributed by atoms with Crippen LogP contribution >= 0.6 is 11.3 Å². The van der Waals surface area contributed by atoms with E-state index in [1.54, 1.807) is 17.3 Å². The van der Waals surface area contributed by atoms with E-state index in [-0.39, 0.29) is 5.91 Å². The van der Waals surface area contributed by atoms with Crippen LogP contribution in [0.3, 0.4) is 0 Å². The van der Waals surface area contributed by atoms with E-state index in [9.17, 15) is 4.79 Å². The van der Waals surface area contributed by atoms with Gasteiger partial charge in [-0.2, -0.15) is 0 Å². The molecule has 0 aromatic carbocycles. The number of rotatable bonds is 5. The lowest BCUT2D eigenvalue weighted by Gasteiger charge is -2.21. The van der Waals surface area contributed by atoms with Crippen LogP contribution in [0.4, 0.5) is 5.69 Å². The predicted octanol–water partition coefficient (Wildman–Crippen LogP) is 3.55. The number of aromatic nitrogens is 3. The quantitative estimate of drug-likeness (QED) is 0.723. The lowest BCUT2D eigenvalue weighted by atomic mass is 10.2. The van der Waals surface area contributed by atoms with Gasteiger partial charge in [-0.1, -0.05) is 24.7 Å². The van der Waals surface area contributed by atoms with Gasteiger partial charge in [-0.25, -0.2) is 4.98 Å². The molecular formula is C16H18N4OS. The molecular weight excluding hydrogens is 296 g/mol. The predicted molar refractivity (Wildman–Crippen MR) is 88.6 cm³/mol. The Labute approximate surface area is 133 Å². The zero-order valence-electron chi connectivity index (χ0n) is 12.7. The van der Waals surface area contributed by atoms with Gasteiger partial charge in [0.2, 0.25) is 0 Å². The molecule has 0 N–H and O–H groups in total. The van der Waals surface area contributed by atoms with Crippen LogP contribution in [0.15, 0.2) is 36.9 Å². The van der Waals surface area contributed by atoms with Crippen LogP contribution in [-0.4, -0.2) is 26.8 Å². The summed E-state index contributed by atoms with van der Waals surface area (Å²) in [7, 11) is 0. The Morgan fingerprint density at radius 1 is 1.41 bits per heavy atom. The number of anilines is 1. The van der Waals surface area contributed by atoms with Gasteiger partial charge in [0.15, 0.2) is 4.96 Å². The van der Waals surface area contributed by atoms with Gasteiger partial charge in [-0.3, -0.25) is 14.2 Å². The van der Waals surface area contributed by atoms with E-state index in [0.29, 0.717) is 11.4 Å². The van der Waals surface area contributed by atoms with E-state index in [0.717, 1.165) is 29.2 Å².